The minimum atomic E-state index is -1.24. The quantitative estimate of drug-likeness (QED) is 0.477. The van der Waals surface area contributed by atoms with Gasteiger partial charge in [0.1, 0.15) is 22.6 Å². The van der Waals surface area contributed by atoms with E-state index in [0.29, 0.717) is 48.6 Å². The molecule has 12 heteroatoms. The first-order chi connectivity index (χ1) is 19.0. The maximum absolute atomic E-state index is 13.3. The number of nitrogens with zero attached hydrogens (tertiary/aromatic N) is 6. The van der Waals surface area contributed by atoms with Gasteiger partial charge in [0.2, 0.25) is 5.95 Å². The highest BCUT2D eigenvalue weighted by Crippen LogP contribution is 2.32. The number of carbonyl (C=O) groups is 2. The Morgan fingerprint density at radius 2 is 1.75 bits per heavy atom. The van der Waals surface area contributed by atoms with Crippen molar-refractivity contribution in [2.24, 2.45) is 0 Å². The molecule has 3 aromatic rings. The lowest BCUT2D eigenvalue weighted by atomic mass is 10.1. The third-order valence-corrected chi connectivity index (χ3v) is 7.40. The number of carboxylic acid groups (broad SMARTS) is 1. The van der Waals surface area contributed by atoms with Crippen LogP contribution in [0.25, 0.3) is 11.0 Å². The third kappa shape index (κ3) is 5.56. The summed E-state index contributed by atoms with van der Waals surface area (Å²) in [6.45, 7) is 9.64. The van der Waals surface area contributed by atoms with Crippen LogP contribution in [0.15, 0.2) is 29.3 Å². The number of fused-ring (bicyclic) bond motifs is 1. The molecule has 4 heterocycles. The van der Waals surface area contributed by atoms with E-state index in [1.54, 1.807) is 28.8 Å². The molecule has 1 aliphatic carbocycles. The van der Waals surface area contributed by atoms with E-state index in [9.17, 15) is 19.5 Å². The van der Waals surface area contributed by atoms with Crippen molar-refractivity contribution < 1.29 is 19.4 Å². The molecule has 1 saturated heterocycles. The number of hydrogen-bond donors (Lipinski definition) is 2. The molecular formula is C28H35N7O5. The van der Waals surface area contributed by atoms with Gasteiger partial charge in [-0.1, -0.05) is 12.8 Å². The molecule has 0 bridgehead atoms. The molecule has 2 fully saturated rings. The molecular weight excluding hydrogens is 514 g/mol. The predicted octanol–water partition coefficient (Wildman–Crippen LogP) is 4.11. The summed E-state index contributed by atoms with van der Waals surface area (Å²) < 4.78 is 7.01. The maximum Gasteiger partial charge on any atom is 0.410 e. The van der Waals surface area contributed by atoms with Crippen molar-refractivity contribution >= 4 is 40.5 Å². The fourth-order valence-corrected chi connectivity index (χ4v) is 5.38. The minimum absolute atomic E-state index is 0.0929. The summed E-state index contributed by atoms with van der Waals surface area (Å²) in [6, 6.07) is 3.67. The smallest absolute Gasteiger partial charge is 0.410 e. The number of rotatable bonds is 5. The van der Waals surface area contributed by atoms with E-state index >= 15 is 0 Å². The highest BCUT2D eigenvalue weighted by Gasteiger charge is 2.28. The molecule has 1 saturated carbocycles. The highest BCUT2D eigenvalue weighted by atomic mass is 16.6. The number of carbonyl (C=O) groups excluding carboxylic acids is 1. The monoisotopic (exact) mass is 549 g/mol. The zero-order valence-corrected chi connectivity index (χ0v) is 23.3. The standard InChI is InChI=1S/C28H35N7O5/c1-17-20-16-30-26(32-23(20)35(18-7-5-6-8-18)24(36)22(17)25(37)38)31-21-10-9-19(15-29-21)33-11-13-34(14-12-33)27(39)40-28(2,3)4/h9-10,15-16,18H,5-8,11-14H2,1-4H3,(H,37,38)(H,29,30,31,32). The summed E-state index contributed by atoms with van der Waals surface area (Å²) in [5, 5.41) is 13.4. The Hall–Kier alpha value is -4.22. The van der Waals surface area contributed by atoms with Crippen LogP contribution >= 0.6 is 0 Å². The average Bonchev–Trinajstić information content (AvgIpc) is 3.42. The molecule has 2 aliphatic rings. The first-order valence-corrected chi connectivity index (χ1v) is 13.6. The van der Waals surface area contributed by atoms with Gasteiger partial charge in [0, 0.05) is 43.8 Å². The van der Waals surface area contributed by atoms with Crippen LogP contribution in [0.5, 0.6) is 0 Å². The second-order valence-corrected chi connectivity index (χ2v) is 11.3. The summed E-state index contributed by atoms with van der Waals surface area (Å²) in [4.78, 5) is 54.9. The molecule has 0 unspecified atom stereocenters. The van der Waals surface area contributed by atoms with E-state index in [1.807, 2.05) is 32.9 Å². The van der Waals surface area contributed by atoms with Crippen LogP contribution in [0.4, 0.5) is 22.2 Å². The first-order valence-electron chi connectivity index (χ1n) is 13.6. The third-order valence-electron chi connectivity index (χ3n) is 7.40. The summed E-state index contributed by atoms with van der Waals surface area (Å²) in [7, 11) is 0. The number of anilines is 3. The number of aromatic carboxylic acids is 1. The van der Waals surface area contributed by atoms with E-state index in [4.69, 9.17) is 4.74 Å². The summed E-state index contributed by atoms with van der Waals surface area (Å²) in [5.74, 6) is -0.439. The van der Waals surface area contributed by atoms with Crippen molar-refractivity contribution in [2.45, 2.75) is 65.0 Å². The molecule has 12 nitrogen and oxygen atoms in total. The van der Waals surface area contributed by atoms with Crippen molar-refractivity contribution in [1.29, 1.82) is 0 Å². The van der Waals surface area contributed by atoms with Crippen LogP contribution in [0.1, 0.15) is 68.4 Å². The van der Waals surface area contributed by atoms with E-state index < -0.39 is 17.1 Å². The van der Waals surface area contributed by atoms with Gasteiger partial charge in [-0.05, 0) is 58.2 Å². The number of nitrogens with one attached hydrogen (secondary N) is 1. The van der Waals surface area contributed by atoms with E-state index in [-0.39, 0.29) is 23.6 Å². The number of piperazine rings is 1. The average molecular weight is 550 g/mol. The van der Waals surface area contributed by atoms with E-state index in [2.05, 4.69) is 25.2 Å². The normalized spacial score (nSPS) is 16.4. The highest BCUT2D eigenvalue weighted by molar-refractivity contribution is 5.95. The molecule has 40 heavy (non-hydrogen) atoms. The second kappa shape index (κ2) is 10.7. The van der Waals surface area contributed by atoms with Crippen molar-refractivity contribution in [3.8, 4) is 0 Å². The Morgan fingerprint density at radius 3 is 2.35 bits per heavy atom. The largest absolute Gasteiger partial charge is 0.477 e. The zero-order chi connectivity index (χ0) is 28.6. The zero-order valence-electron chi connectivity index (χ0n) is 23.3. The van der Waals surface area contributed by atoms with Gasteiger partial charge in [-0.2, -0.15) is 4.98 Å². The molecule has 0 radical (unpaired) electrons. The van der Waals surface area contributed by atoms with Crippen LogP contribution < -0.4 is 15.8 Å². The molecule has 2 N–H and O–H groups in total. The van der Waals surface area contributed by atoms with Crippen molar-refractivity contribution in [3.05, 3.63) is 46.0 Å². The van der Waals surface area contributed by atoms with Crippen molar-refractivity contribution in [2.75, 3.05) is 36.4 Å². The first kappa shape index (κ1) is 27.4. The molecule has 1 amide bonds. The second-order valence-electron chi connectivity index (χ2n) is 11.3. The van der Waals surface area contributed by atoms with Gasteiger partial charge in [-0.3, -0.25) is 9.36 Å². The molecule has 0 spiro atoms. The van der Waals surface area contributed by atoms with Gasteiger partial charge in [0.05, 0.1) is 11.9 Å². The fourth-order valence-electron chi connectivity index (χ4n) is 5.38. The van der Waals surface area contributed by atoms with Crippen LogP contribution in [0.3, 0.4) is 0 Å². The Balaban J connectivity index is 1.33. The molecule has 212 valence electrons. The summed E-state index contributed by atoms with van der Waals surface area (Å²) in [5.41, 5.74) is 0.445. The number of aryl methyl sites for hydroxylation is 1. The number of carboxylic acids is 1. The van der Waals surface area contributed by atoms with E-state index in [1.165, 1.54) is 0 Å². The van der Waals surface area contributed by atoms with Gasteiger partial charge in [-0.15, -0.1) is 0 Å². The number of amides is 1. The summed E-state index contributed by atoms with van der Waals surface area (Å²) in [6.07, 6.45) is 6.60. The molecule has 5 rings (SSSR count). The lowest BCUT2D eigenvalue weighted by Crippen LogP contribution is -2.50. The van der Waals surface area contributed by atoms with Crippen molar-refractivity contribution in [1.82, 2.24) is 24.4 Å². The number of ether oxygens (including phenoxy) is 1. The fraction of sp³-hybridized carbons (Fsp3) is 0.500. The number of aromatic nitrogens is 4. The molecule has 0 atom stereocenters. The molecule has 0 aromatic carbocycles. The lowest BCUT2D eigenvalue weighted by molar-refractivity contribution is 0.0240. The van der Waals surface area contributed by atoms with Gasteiger partial charge in [0.25, 0.3) is 5.56 Å². The Labute approximate surface area is 232 Å². The Morgan fingerprint density at radius 1 is 1.05 bits per heavy atom. The predicted molar refractivity (Wildman–Crippen MR) is 151 cm³/mol. The van der Waals surface area contributed by atoms with Crippen LogP contribution in [-0.4, -0.2) is 73.4 Å². The Bertz CT molecular complexity index is 1480. The van der Waals surface area contributed by atoms with E-state index in [0.717, 1.165) is 31.4 Å². The summed E-state index contributed by atoms with van der Waals surface area (Å²) >= 11 is 0. The topological polar surface area (TPSA) is 143 Å². The number of pyridine rings is 2. The SMILES string of the molecule is Cc1c(C(=O)O)c(=O)n(C2CCCC2)c2nc(Nc3ccc(N4CCN(C(=O)OC(C)(C)C)CC4)cn3)ncc12. The number of hydrogen-bond acceptors (Lipinski definition) is 9. The minimum Gasteiger partial charge on any atom is -0.477 e. The maximum atomic E-state index is 13.3. The van der Waals surface area contributed by atoms with Crippen LogP contribution in [0.2, 0.25) is 0 Å². The van der Waals surface area contributed by atoms with Crippen LogP contribution in [0, 0.1) is 6.92 Å². The van der Waals surface area contributed by atoms with Gasteiger partial charge in [-0.25, -0.2) is 19.6 Å². The lowest BCUT2D eigenvalue weighted by Gasteiger charge is -2.36. The molecule has 1 aliphatic heterocycles. The molecule has 3 aromatic heterocycles. The van der Waals surface area contributed by atoms with Crippen LogP contribution in [-0.2, 0) is 4.74 Å². The van der Waals surface area contributed by atoms with Crippen molar-refractivity contribution in [3.63, 3.8) is 0 Å². The van der Waals surface area contributed by atoms with Gasteiger partial charge < -0.3 is 25.0 Å². The van der Waals surface area contributed by atoms with Gasteiger partial charge in [0.15, 0.2) is 0 Å². The van der Waals surface area contributed by atoms with Gasteiger partial charge >= 0.3 is 12.1 Å². The Kier molecular flexibility index (Phi) is 7.35.